The van der Waals surface area contributed by atoms with Crippen molar-refractivity contribution in [3.8, 4) is 0 Å². The molecule has 0 aromatic rings. The molecule has 2 rings (SSSR count). The number of piperidine rings is 1. The summed E-state index contributed by atoms with van der Waals surface area (Å²) in [5.41, 5.74) is 0. The number of Topliss-reactive ketones (excluding diaryl/α,β-unsaturated/α-hetero) is 1. The molecule has 1 aliphatic heterocycles. The zero-order valence-corrected chi connectivity index (χ0v) is 12.2. The summed E-state index contributed by atoms with van der Waals surface area (Å²) in [5.74, 6) is 0.179. The van der Waals surface area contributed by atoms with Gasteiger partial charge >= 0.3 is 0 Å². The summed E-state index contributed by atoms with van der Waals surface area (Å²) in [4.78, 5) is 26.0. The van der Waals surface area contributed by atoms with Crippen molar-refractivity contribution < 1.29 is 23.1 Å². The molecule has 0 spiro atoms. The minimum atomic E-state index is -2.50. The Kier molecular flexibility index (Phi) is 6.08. The smallest absolute Gasteiger partial charge is 0.261 e. The Morgan fingerprint density at radius 2 is 2.10 bits per heavy atom. The van der Waals surface area contributed by atoms with Crippen LogP contribution in [0.1, 0.15) is 44.9 Å². The SMILES string of the molecule is O=C1CCCC1C1CCCCN1C(=O)CCOCC(F)F. The zero-order valence-electron chi connectivity index (χ0n) is 12.2. The van der Waals surface area contributed by atoms with Gasteiger partial charge in [-0.15, -0.1) is 0 Å². The second-order valence-electron chi connectivity index (χ2n) is 5.83. The third-order valence-electron chi connectivity index (χ3n) is 4.39. The largest absolute Gasteiger partial charge is 0.375 e. The lowest BCUT2D eigenvalue weighted by atomic mass is 9.88. The van der Waals surface area contributed by atoms with Gasteiger partial charge in [0, 0.05) is 24.9 Å². The summed E-state index contributed by atoms with van der Waals surface area (Å²) in [6, 6.07) is 0.0105. The van der Waals surface area contributed by atoms with E-state index in [1.54, 1.807) is 4.90 Å². The molecule has 0 N–H and O–H groups in total. The van der Waals surface area contributed by atoms with Crippen molar-refractivity contribution in [2.45, 2.75) is 57.4 Å². The third-order valence-corrected chi connectivity index (χ3v) is 4.39. The van der Waals surface area contributed by atoms with E-state index in [-0.39, 0.29) is 36.7 Å². The minimum Gasteiger partial charge on any atom is -0.375 e. The first-order valence-corrected chi connectivity index (χ1v) is 7.77. The number of rotatable bonds is 6. The number of alkyl halides is 2. The first kappa shape index (κ1) is 16.3. The average Bonchev–Trinajstić information content (AvgIpc) is 2.89. The fourth-order valence-corrected chi connectivity index (χ4v) is 3.41. The Labute approximate surface area is 123 Å². The van der Waals surface area contributed by atoms with E-state index in [1.165, 1.54) is 0 Å². The van der Waals surface area contributed by atoms with Crippen LogP contribution in [0.15, 0.2) is 0 Å². The molecule has 1 saturated heterocycles. The van der Waals surface area contributed by atoms with Crippen LogP contribution in [-0.4, -0.2) is 48.8 Å². The number of nitrogens with zero attached hydrogens (tertiary/aromatic N) is 1. The van der Waals surface area contributed by atoms with E-state index < -0.39 is 13.0 Å². The average molecular weight is 303 g/mol. The van der Waals surface area contributed by atoms with E-state index in [1.807, 2.05) is 0 Å². The Morgan fingerprint density at radius 1 is 1.29 bits per heavy atom. The van der Waals surface area contributed by atoms with Gasteiger partial charge in [-0.25, -0.2) is 8.78 Å². The standard InChI is InChI=1S/C15H23F2NO3/c16-14(17)10-21-9-7-15(20)18-8-2-1-5-12(18)11-4-3-6-13(11)19/h11-12,14H,1-10H2. The predicted octanol–water partition coefficient (Wildman–Crippen LogP) is 2.41. The molecule has 6 heteroatoms. The van der Waals surface area contributed by atoms with Gasteiger partial charge in [0.05, 0.1) is 13.0 Å². The molecular formula is C15H23F2NO3. The second-order valence-corrected chi connectivity index (χ2v) is 5.83. The Hall–Kier alpha value is -1.04. The topological polar surface area (TPSA) is 46.6 Å². The number of amides is 1. The fraction of sp³-hybridized carbons (Fsp3) is 0.867. The van der Waals surface area contributed by atoms with E-state index in [4.69, 9.17) is 4.74 Å². The zero-order chi connectivity index (χ0) is 15.2. The van der Waals surface area contributed by atoms with Gasteiger partial charge < -0.3 is 9.64 Å². The summed E-state index contributed by atoms with van der Waals surface area (Å²) < 4.78 is 28.7. The molecule has 1 saturated carbocycles. The minimum absolute atomic E-state index is 0.0105. The summed E-state index contributed by atoms with van der Waals surface area (Å²) in [6.45, 7) is 0.0605. The van der Waals surface area contributed by atoms with Crippen molar-refractivity contribution in [2.75, 3.05) is 19.8 Å². The molecule has 1 heterocycles. The second kappa shape index (κ2) is 7.82. The number of hydrogen-bond donors (Lipinski definition) is 0. The molecular weight excluding hydrogens is 280 g/mol. The maximum Gasteiger partial charge on any atom is 0.261 e. The van der Waals surface area contributed by atoms with Gasteiger partial charge in [-0.3, -0.25) is 9.59 Å². The van der Waals surface area contributed by atoms with E-state index in [2.05, 4.69) is 0 Å². The van der Waals surface area contributed by atoms with Gasteiger partial charge in [-0.05, 0) is 32.1 Å². The molecule has 0 aromatic heterocycles. The number of carbonyl (C=O) groups is 2. The van der Waals surface area contributed by atoms with Crippen molar-refractivity contribution in [3.05, 3.63) is 0 Å². The van der Waals surface area contributed by atoms with Gasteiger partial charge in [0.15, 0.2) is 0 Å². The van der Waals surface area contributed by atoms with E-state index >= 15 is 0 Å². The van der Waals surface area contributed by atoms with Gasteiger partial charge in [0.1, 0.15) is 12.4 Å². The normalized spacial score (nSPS) is 26.6. The number of carbonyl (C=O) groups excluding carboxylic acids is 2. The van der Waals surface area contributed by atoms with E-state index in [0.29, 0.717) is 13.0 Å². The van der Waals surface area contributed by atoms with Crippen LogP contribution in [-0.2, 0) is 14.3 Å². The lowest BCUT2D eigenvalue weighted by Gasteiger charge is -2.38. The maximum absolute atomic E-state index is 12.3. The Bertz CT molecular complexity index is 376. The molecule has 2 aliphatic rings. The van der Waals surface area contributed by atoms with Crippen molar-refractivity contribution in [1.29, 1.82) is 0 Å². The molecule has 1 aliphatic carbocycles. The molecule has 2 fully saturated rings. The number of halogens is 2. The third kappa shape index (κ3) is 4.46. The first-order valence-electron chi connectivity index (χ1n) is 7.77. The molecule has 4 nitrogen and oxygen atoms in total. The summed E-state index contributed by atoms with van der Waals surface area (Å²) in [5, 5.41) is 0. The van der Waals surface area contributed by atoms with Gasteiger partial charge in [0.2, 0.25) is 5.91 Å². The van der Waals surface area contributed by atoms with Crippen LogP contribution < -0.4 is 0 Å². The molecule has 21 heavy (non-hydrogen) atoms. The van der Waals surface area contributed by atoms with Crippen LogP contribution in [0.3, 0.4) is 0 Å². The summed E-state index contributed by atoms with van der Waals surface area (Å²) >= 11 is 0. The van der Waals surface area contributed by atoms with Gasteiger partial charge in [-0.1, -0.05) is 0 Å². The van der Waals surface area contributed by atoms with Crippen LogP contribution in [0.4, 0.5) is 8.78 Å². The highest BCUT2D eigenvalue weighted by molar-refractivity contribution is 5.85. The van der Waals surface area contributed by atoms with E-state index in [9.17, 15) is 18.4 Å². The van der Waals surface area contributed by atoms with Crippen molar-refractivity contribution >= 4 is 11.7 Å². The van der Waals surface area contributed by atoms with Crippen molar-refractivity contribution in [2.24, 2.45) is 5.92 Å². The first-order chi connectivity index (χ1) is 10.1. The Balaban J connectivity index is 1.85. The van der Waals surface area contributed by atoms with Crippen LogP contribution in [0.5, 0.6) is 0 Å². The molecule has 2 unspecified atom stereocenters. The molecule has 0 bridgehead atoms. The van der Waals surface area contributed by atoms with E-state index in [0.717, 1.165) is 32.1 Å². The van der Waals surface area contributed by atoms with Crippen molar-refractivity contribution in [3.63, 3.8) is 0 Å². The maximum atomic E-state index is 12.3. The molecule has 1 amide bonds. The van der Waals surface area contributed by atoms with Crippen LogP contribution in [0.2, 0.25) is 0 Å². The highest BCUT2D eigenvalue weighted by atomic mass is 19.3. The van der Waals surface area contributed by atoms with Crippen LogP contribution in [0.25, 0.3) is 0 Å². The van der Waals surface area contributed by atoms with Gasteiger partial charge in [0.25, 0.3) is 6.43 Å². The summed E-state index contributed by atoms with van der Waals surface area (Å²) in [6.07, 6.45) is 2.89. The number of hydrogen-bond acceptors (Lipinski definition) is 3. The van der Waals surface area contributed by atoms with Crippen molar-refractivity contribution in [1.82, 2.24) is 4.90 Å². The number of likely N-dealkylation sites (tertiary alicyclic amines) is 1. The lowest BCUT2D eigenvalue weighted by Crippen LogP contribution is -2.48. The summed E-state index contributed by atoms with van der Waals surface area (Å²) in [7, 11) is 0. The highest BCUT2D eigenvalue weighted by Gasteiger charge is 2.38. The molecule has 0 aromatic carbocycles. The Morgan fingerprint density at radius 3 is 2.76 bits per heavy atom. The van der Waals surface area contributed by atoms with Crippen LogP contribution >= 0.6 is 0 Å². The highest BCUT2D eigenvalue weighted by Crippen LogP contribution is 2.32. The quantitative estimate of drug-likeness (QED) is 0.708. The van der Waals surface area contributed by atoms with Crippen LogP contribution in [0, 0.1) is 5.92 Å². The number of ether oxygens (including phenoxy) is 1. The van der Waals surface area contributed by atoms with Gasteiger partial charge in [-0.2, -0.15) is 0 Å². The number of ketones is 1. The fourth-order valence-electron chi connectivity index (χ4n) is 3.41. The monoisotopic (exact) mass is 303 g/mol. The lowest BCUT2D eigenvalue weighted by molar-refractivity contribution is -0.139. The molecule has 120 valence electrons. The predicted molar refractivity (Wildman–Crippen MR) is 73.1 cm³/mol. The molecule has 2 atom stereocenters. The molecule has 0 radical (unpaired) electrons.